The van der Waals surface area contributed by atoms with Gasteiger partial charge in [-0.3, -0.25) is 9.59 Å². The van der Waals surface area contributed by atoms with Gasteiger partial charge in [0.1, 0.15) is 9.84 Å². The van der Waals surface area contributed by atoms with Crippen LogP contribution in [0.3, 0.4) is 0 Å². The Morgan fingerprint density at radius 3 is 2.50 bits per heavy atom. The molecule has 1 aliphatic heterocycles. The number of aliphatic carboxylic acids is 1. The van der Waals surface area contributed by atoms with Crippen molar-refractivity contribution in [2.24, 2.45) is 11.3 Å². The predicted octanol–water partition coefficient (Wildman–Crippen LogP) is 0.524. The van der Waals surface area contributed by atoms with Crippen LogP contribution in [-0.4, -0.2) is 55.4 Å². The lowest BCUT2D eigenvalue weighted by Crippen LogP contribution is -2.43. The van der Waals surface area contributed by atoms with Crippen molar-refractivity contribution in [1.29, 1.82) is 0 Å². The molecule has 1 saturated carbocycles. The summed E-state index contributed by atoms with van der Waals surface area (Å²) in [7, 11) is -3.08. The zero-order chi connectivity index (χ0) is 15.0. The molecule has 20 heavy (non-hydrogen) atoms. The Labute approximate surface area is 119 Å². The average molecular weight is 303 g/mol. The predicted molar refractivity (Wildman–Crippen MR) is 72.9 cm³/mol. The van der Waals surface area contributed by atoms with Gasteiger partial charge in [-0.1, -0.05) is 0 Å². The molecule has 0 aromatic rings. The van der Waals surface area contributed by atoms with Gasteiger partial charge in [-0.25, -0.2) is 8.42 Å². The van der Waals surface area contributed by atoms with Gasteiger partial charge < -0.3 is 10.0 Å². The highest BCUT2D eigenvalue weighted by Crippen LogP contribution is 2.50. The Bertz CT molecular complexity index is 509. The van der Waals surface area contributed by atoms with Crippen molar-refractivity contribution in [2.75, 3.05) is 25.1 Å². The SMILES string of the molecule is CS(=O)(=O)CC1(CC(=O)N2CCC[C@H](C(=O)O)C2)CC1. The number of amides is 1. The smallest absolute Gasteiger partial charge is 0.308 e. The molecular formula is C13H21NO5S. The lowest BCUT2D eigenvalue weighted by molar-refractivity contribution is -0.145. The number of carbonyl (C=O) groups is 2. The second kappa shape index (κ2) is 5.35. The number of nitrogens with zero attached hydrogens (tertiary/aromatic N) is 1. The highest BCUT2D eigenvalue weighted by molar-refractivity contribution is 7.90. The Hall–Kier alpha value is -1.11. The molecule has 7 heteroatoms. The van der Waals surface area contributed by atoms with Gasteiger partial charge in [-0.2, -0.15) is 0 Å². The maximum atomic E-state index is 12.2. The lowest BCUT2D eigenvalue weighted by atomic mass is 9.96. The third-order valence-corrected chi connectivity index (χ3v) is 5.31. The minimum Gasteiger partial charge on any atom is -0.481 e. The van der Waals surface area contributed by atoms with Gasteiger partial charge in [-0.05, 0) is 31.1 Å². The van der Waals surface area contributed by atoms with E-state index in [0.29, 0.717) is 19.4 Å². The minimum atomic E-state index is -3.08. The van der Waals surface area contributed by atoms with E-state index < -0.39 is 21.7 Å². The first-order valence-corrected chi connectivity index (χ1v) is 8.95. The number of sulfone groups is 1. The Morgan fingerprint density at radius 1 is 1.35 bits per heavy atom. The highest BCUT2D eigenvalue weighted by atomic mass is 32.2. The Balaban J connectivity index is 1.93. The molecule has 114 valence electrons. The van der Waals surface area contributed by atoms with Crippen molar-refractivity contribution in [3.8, 4) is 0 Å². The van der Waals surface area contributed by atoms with Crippen LogP contribution in [0, 0.1) is 11.3 Å². The molecule has 2 fully saturated rings. The summed E-state index contributed by atoms with van der Waals surface area (Å²) in [5.41, 5.74) is -0.388. The van der Waals surface area contributed by atoms with Crippen LogP contribution in [0.5, 0.6) is 0 Å². The van der Waals surface area contributed by atoms with Crippen LogP contribution in [0.25, 0.3) is 0 Å². The second-order valence-corrected chi connectivity index (χ2v) is 8.40. The van der Waals surface area contributed by atoms with Crippen molar-refractivity contribution in [3.63, 3.8) is 0 Å². The van der Waals surface area contributed by atoms with E-state index in [4.69, 9.17) is 5.11 Å². The Morgan fingerprint density at radius 2 is 2.00 bits per heavy atom. The number of hydrogen-bond donors (Lipinski definition) is 1. The Kier molecular flexibility index (Phi) is 4.09. The van der Waals surface area contributed by atoms with Crippen LogP contribution in [0.2, 0.25) is 0 Å². The first-order chi connectivity index (χ1) is 9.21. The molecule has 0 aromatic carbocycles. The maximum Gasteiger partial charge on any atom is 0.308 e. The summed E-state index contributed by atoms with van der Waals surface area (Å²) < 4.78 is 22.8. The van der Waals surface area contributed by atoms with Crippen LogP contribution in [0.1, 0.15) is 32.1 Å². The molecule has 6 nitrogen and oxygen atoms in total. The van der Waals surface area contributed by atoms with E-state index in [1.807, 2.05) is 0 Å². The van der Waals surface area contributed by atoms with Crippen molar-refractivity contribution < 1.29 is 23.1 Å². The molecule has 2 aliphatic rings. The van der Waals surface area contributed by atoms with E-state index in [1.165, 1.54) is 6.26 Å². The summed E-state index contributed by atoms with van der Waals surface area (Å²) in [5.74, 6) is -1.39. The van der Waals surface area contributed by atoms with Gasteiger partial charge in [0.2, 0.25) is 5.91 Å². The summed E-state index contributed by atoms with van der Waals surface area (Å²) >= 11 is 0. The third kappa shape index (κ3) is 3.94. The maximum absolute atomic E-state index is 12.2. The summed E-state index contributed by atoms with van der Waals surface area (Å²) in [6.07, 6.45) is 4.25. The van der Waals surface area contributed by atoms with Crippen molar-refractivity contribution in [2.45, 2.75) is 32.1 Å². The third-order valence-electron chi connectivity index (χ3n) is 4.18. The topological polar surface area (TPSA) is 91.8 Å². The molecule has 0 unspecified atom stereocenters. The fraction of sp³-hybridized carbons (Fsp3) is 0.846. The molecule has 0 bridgehead atoms. The van der Waals surface area contributed by atoms with E-state index in [1.54, 1.807) is 4.90 Å². The number of carboxylic acids is 1. The number of hydrogen-bond acceptors (Lipinski definition) is 4. The average Bonchev–Trinajstić information content (AvgIpc) is 3.06. The lowest BCUT2D eigenvalue weighted by Gasteiger charge is -2.31. The quantitative estimate of drug-likeness (QED) is 0.799. The molecule has 1 heterocycles. The summed E-state index contributed by atoms with van der Waals surface area (Å²) in [5, 5.41) is 9.02. The van der Waals surface area contributed by atoms with Gasteiger partial charge in [0, 0.05) is 25.8 Å². The summed E-state index contributed by atoms with van der Waals surface area (Å²) in [6, 6.07) is 0. The van der Waals surface area contributed by atoms with E-state index in [2.05, 4.69) is 0 Å². The number of carboxylic acid groups (broad SMARTS) is 1. The molecule has 0 spiro atoms. The normalized spacial score (nSPS) is 25.2. The van der Waals surface area contributed by atoms with Crippen molar-refractivity contribution in [1.82, 2.24) is 4.90 Å². The standard InChI is InChI=1S/C13H21NO5S/c1-20(18,19)9-13(4-5-13)7-11(15)14-6-2-3-10(8-14)12(16)17/h10H,2-9H2,1H3,(H,16,17)/t10-/m0/s1. The summed E-state index contributed by atoms with van der Waals surface area (Å²) in [6.45, 7) is 0.834. The fourth-order valence-electron chi connectivity index (χ4n) is 2.94. The summed E-state index contributed by atoms with van der Waals surface area (Å²) in [4.78, 5) is 24.8. The van der Waals surface area contributed by atoms with E-state index in [9.17, 15) is 18.0 Å². The van der Waals surface area contributed by atoms with Gasteiger partial charge in [0.25, 0.3) is 0 Å². The van der Waals surface area contributed by atoms with Gasteiger partial charge >= 0.3 is 5.97 Å². The first-order valence-electron chi connectivity index (χ1n) is 6.89. The van der Waals surface area contributed by atoms with Gasteiger partial charge in [-0.15, -0.1) is 0 Å². The molecule has 0 aromatic heterocycles. The fourth-order valence-corrected chi connectivity index (χ4v) is 4.45. The van der Waals surface area contributed by atoms with E-state index >= 15 is 0 Å². The van der Waals surface area contributed by atoms with Crippen LogP contribution in [-0.2, 0) is 19.4 Å². The number of rotatable bonds is 5. The van der Waals surface area contributed by atoms with Crippen molar-refractivity contribution in [3.05, 3.63) is 0 Å². The zero-order valence-electron chi connectivity index (χ0n) is 11.7. The van der Waals surface area contributed by atoms with Gasteiger partial charge in [0.05, 0.1) is 11.7 Å². The zero-order valence-corrected chi connectivity index (χ0v) is 12.5. The number of likely N-dealkylation sites (tertiary alicyclic amines) is 1. The van der Waals surface area contributed by atoms with Crippen LogP contribution < -0.4 is 0 Å². The molecular weight excluding hydrogens is 282 g/mol. The molecule has 1 N–H and O–H groups in total. The number of piperidine rings is 1. The van der Waals surface area contributed by atoms with Crippen molar-refractivity contribution >= 4 is 21.7 Å². The molecule has 1 aliphatic carbocycles. The second-order valence-electron chi connectivity index (χ2n) is 6.26. The van der Waals surface area contributed by atoms with Gasteiger partial charge in [0.15, 0.2) is 0 Å². The molecule has 2 rings (SSSR count). The van der Waals surface area contributed by atoms with E-state index in [0.717, 1.165) is 12.8 Å². The molecule has 1 saturated heterocycles. The van der Waals surface area contributed by atoms with E-state index in [-0.39, 0.29) is 30.0 Å². The van der Waals surface area contributed by atoms with Crippen LogP contribution in [0.15, 0.2) is 0 Å². The number of carbonyl (C=O) groups excluding carboxylic acids is 1. The first kappa shape index (κ1) is 15.3. The monoisotopic (exact) mass is 303 g/mol. The minimum absolute atomic E-state index is 0.0575. The molecule has 1 atom stereocenters. The molecule has 0 radical (unpaired) electrons. The largest absolute Gasteiger partial charge is 0.481 e. The van der Waals surface area contributed by atoms with Crippen LogP contribution in [0.4, 0.5) is 0 Å². The highest BCUT2D eigenvalue weighted by Gasteiger charge is 2.47. The van der Waals surface area contributed by atoms with Crippen LogP contribution >= 0.6 is 0 Å². The molecule has 1 amide bonds.